The molecule has 0 aliphatic carbocycles. The Bertz CT molecular complexity index is 269. The third-order valence-electron chi connectivity index (χ3n) is 4.08. The van der Waals surface area contributed by atoms with Crippen molar-refractivity contribution in [1.82, 2.24) is 5.32 Å². The summed E-state index contributed by atoms with van der Waals surface area (Å²) in [5, 5.41) is 4.46. The number of nitrogens with one attached hydrogen (secondary N) is 1. The van der Waals surface area contributed by atoms with E-state index in [1.807, 2.05) is 0 Å². The number of hydrogen-bond acceptors (Lipinski definition) is 3. The molecular weight excluding hydrogens is 218 g/mol. The molecule has 2 fully saturated rings. The van der Waals surface area contributed by atoms with Gasteiger partial charge in [-0.15, -0.1) is 0 Å². The number of ketones is 1. The van der Waals surface area contributed by atoms with Crippen LogP contribution in [0.2, 0.25) is 0 Å². The van der Waals surface area contributed by atoms with Gasteiger partial charge in [-0.25, -0.2) is 0 Å². The van der Waals surface area contributed by atoms with Crippen molar-refractivity contribution in [3.8, 4) is 0 Å². The smallest absolute Gasteiger partial charge is 0.129 e. The Labute approximate surface area is 103 Å². The van der Waals surface area contributed by atoms with Gasteiger partial charge in [0.15, 0.2) is 0 Å². The van der Waals surface area contributed by atoms with Crippen LogP contribution in [0.5, 0.6) is 0 Å². The lowest BCUT2D eigenvalue weighted by atomic mass is 9.82. The molecule has 0 bridgehead atoms. The van der Waals surface area contributed by atoms with Gasteiger partial charge < -0.3 is 10.1 Å². The van der Waals surface area contributed by atoms with Gasteiger partial charge in [-0.3, -0.25) is 0 Å². The van der Waals surface area contributed by atoms with Crippen molar-refractivity contribution < 1.29 is 4.79 Å². The number of unbranched alkanes of at least 4 members (excludes halogenated alkanes) is 1. The van der Waals surface area contributed by atoms with Gasteiger partial charge in [0.1, 0.15) is 5.78 Å². The molecule has 0 aromatic rings. The highest BCUT2D eigenvalue weighted by atomic mass is 32.2. The van der Waals surface area contributed by atoms with Crippen LogP contribution in [0.4, 0.5) is 0 Å². The van der Waals surface area contributed by atoms with Crippen molar-refractivity contribution in [2.45, 2.75) is 57.2 Å². The van der Waals surface area contributed by atoms with Crippen molar-refractivity contribution >= 4 is 17.5 Å². The van der Waals surface area contributed by atoms with Gasteiger partial charge in [-0.2, -0.15) is 11.8 Å². The van der Waals surface area contributed by atoms with Gasteiger partial charge in [0.2, 0.25) is 0 Å². The minimum atomic E-state index is 0.336. The van der Waals surface area contributed by atoms with E-state index in [-0.39, 0.29) is 0 Å². The fourth-order valence-corrected chi connectivity index (χ4v) is 4.89. The van der Waals surface area contributed by atoms with Gasteiger partial charge >= 0.3 is 0 Å². The van der Waals surface area contributed by atoms with E-state index in [9.17, 15) is 4.79 Å². The summed E-state index contributed by atoms with van der Waals surface area (Å²) < 4.78 is 0. The molecule has 0 amide bonds. The van der Waals surface area contributed by atoms with Crippen molar-refractivity contribution in [2.24, 2.45) is 5.41 Å². The number of thioether (sulfide) groups is 1. The summed E-state index contributed by atoms with van der Waals surface area (Å²) in [6.07, 6.45) is 5.69. The first kappa shape index (κ1) is 12.4. The number of carbonyl (C=O) groups is 1. The van der Waals surface area contributed by atoms with Crippen LogP contribution in [-0.4, -0.2) is 29.4 Å². The van der Waals surface area contributed by atoms with Gasteiger partial charge in [0.25, 0.3) is 0 Å². The highest BCUT2D eigenvalue weighted by molar-refractivity contribution is 8.00. The highest BCUT2D eigenvalue weighted by Gasteiger charge is 2.47. The third kappa shape index (κ3) is 2.62. The maximum Gasteiger partial charge on any atom is 0.129 e. The molecule has 0 spiro atoms. The predicted octanol–water partition coefficient (Wildman–Crippen LogP) is 2.62. The molecule has 2 rings (SSSR count). The van der Waals surface area contributed by atoms with E-state index < -0.39 is 0 Å². The lowest BCUT2D eigenvalue weighted by Gasteiger charge is -2.25. The van der Waals surface area contributed by atoms with Crippen molar-refractivity contribution in [3.05, 3.63) is 0 Å². The summed E-state index contributed by atoms with van der Waals surface area (Å²) in [7, 11) is 0. The van der Waals surface area contributed by atoms with Gasteiger partial charge in [0, 0.05) is 23.5 Å². The number of hydrogen-bond donors (Lipinski definition) is 1. The molecule has 1 N–H and O–H groups in total. The molecular formula is C13H23NOS. The van der Waals surface area contributed by atoms with Crippen molar-refractivity contribution in [3.63, 3.8) is 0 Å². The van der Waals surface area contributed by atoms with E-state index in [0.717, 1.165) is 24.1 Å². The molecule has 3 unspecified atom stereocenters. The molecule has 2 aliphatic rings. The quantitative estimate of drug-likeness (QED) is 0.750. The van der Waals surface area contributed by atoms with Gasteiger partial charge in [-0.05, 0) is 38.1 Å². The molecule has 16 heavy (non-hydrogen) atoms. The van der Waals surface area contributed by atoms with Crippen molar-refractivity contribution in [1.29, 1.82) is 0 Å². The van der Waals surface area contributed by atoms with Gasteiger partial charge in [0.05, 0.1) is 0 Å². The Morgan fingerprint density at radius 1 is 1.50 bits per heavy atom. The molecule has 2 saturated heterocycles. The van der Waals surface area contributed by atoms with Crippen LogP contribution >= 0.6 is 11.8 Å². The zero-order valence-electron chi connectivity index (χ0n) is 10.4. The van der Waals surface area contributed by atoms with Crippen LogP contribution in [0.15, 0.2) is 0 Å². The standard InChI is InChI=1S/C13H23NOS/c1-10(15)5-3-4-6-11-12-13(2,9-16-11)7-8-14-12/h11-12,14H,3-9H2,1-2H3. The first-order valence-electron chi connectivity index (χ1n) is 6.46. The first-order valence-corrected chi connectivity index (χ1v) is 7.51. The number of rotatable bonds is 5. The van der Waals surface area contributed by atoms with Crippen LogP contribution in [0.1, 0.15) is 46.0 Å². The molecule has 92 valence electrons. The molecule has 0 aromatic heterocycles. The second kappa shape index (κ2) is 5.09. The molecule has 3 heteroatoms. The lowest BCUT2D eigenvalue weighted by molar-refractivity contribution is -0.117. The second-order valence-electron chi connectivity index (χ2n) is 5.63. The van der Waals surface area contributed by atoms with E-state index in [4.69, 9.17) is 0 Å². The number of fused-ring (bicyclic) bond motifs is 1. The summed E-state index contributed by atoms with van der Waals surface area (Å²) in [6.45, 7) is 5.33. The van der Waals surface area contributed by atoms with Crippen LogP contribution < -0.4 is 5.32 Å². The molecule has 3 atom stereocenters. The Kier molecular flexibility index (Phi) is 3.96. The first-order chi connectivity index (χ1) is 7.62. The summed E-state index contributed by atoms with van der Waals surface area (Å²) in [5.41, 5.74) is 0.551. The van der Waals surface area contributed by atoms with E-state index in [0.29, 0.717) is 11.2 Å². The maximum absolute atomic E-state index is 10.9. The van der Waals surface area contributed by atoms with Gasteiger partial charge in [-0.1, -0.05) is 13.3 Å². The Morgan fingerprint density at radius 2 is 2.31 bits per heavy atom. The van der Waals surface area contributed by atoms with Crippen LogP contribution in [0.3, 0.4) is 0 Å². The zero-order chi connectivity index (χ0) is 11.6. The normalized spacial score (nSPS) is 37.6. The average Bonchev–Trinajstić information content (AvgIpc) is 2.71. The van der Waals surface area contributed by atoms with E-state index in [2.05, 4.69) is 24.0 Å². The Hall–Kier alpha value is -0.0200. The fourth-order valence-electron chi connectivity index (χ4n) is 3.02. The molecule has 0 radical (unpaired) electrons. The average molecular weight is 241 g/mol. The minimum absolute atomic E-state index is 0.336. The SMILES string of the molecule is CC(=O)CCCCC1SCC2(C)CCNC12. The van der Waals surface area contributed by atoms with Crippen LogP contribution in [0.25, 0.3) is 0 Å². The van der Waals surface area contributed by atoms with E-state index >= 15 is 0 Å². The molecule has 0 saturated carbocycles. The third-order valence-corrected chi connectivity index (χ3v) is 5.84. The fraction of sp³-hybridized carbons (Fsp3) is 0.923. The van der Waals surface area contributed by atoms with E-state index in [1.165, 1.54) is 31.6 Å². The van der Waals surface area contributed by atoms with Crippen LogP contribution in [-0.2, 0) is 4.79 Å². The minimum Gasteiger partial charge on any atom is -0.312 e. The topological polar surface area (TPSA) is 29.1 Å². The molecule has 2 heterocycles. The summed E-state index contributed by atoms with van der Waals surface area (Å²) in [6, 6.07) is 0.731. The Morgan fingerprint density at radius 3 is 3.06 bits per heavy atom. The molecule has 2 nitrogen and oxygen atoms in total. The second-order valence-corrected chi connectivity index (χ2v) is 6.86. The largest absolute Gasteiger partial charge is 0.312 e. The predicted molar refractivity (Wildman–Crippen MR) is 69.9 cm³/mol. The van der Waals surface area contributed by atoms with E-state index in [1.54, 1.807) is 6.92 Å². The lowest BCUT2D eigenvalue weighted by Crippen LogP contribution is -2.38. The zero-order valence-corrected chi connectivity index (χ0v) is 11.2. The van der Waals surface area contributed by atoms with Crippen molar-refractivity contribution in [2.75, 3.05) is 12.3 Å². The molecule has 0 aromatic carbocycles. The summed E-state index contributed by atoms with van der Waals surface area (Å²) in [5.74, 6) is 1.66. The monoisotopic (exact) mass is 241 g/mol. The number of carbonyl (C=O) groups excluding carboxylic acids is 1. The highest BCUT2D eigenvalue weighted by Crippen LogP contribution is 2.47. The maximum atomic E-state index is 10.9. The number of Topliss-reactive ketones (excluding diaryl/α,β-unsaturated/α-hetero) is 1. The molecule has 2 aliphatic heterocycles. The van der Waals surface area contributed by atoms with Crippen LogP contribution in [0, 0.1) is 5.41 Å². The Balaban J connectivity index is 1.73. The summed E-state index contributed by atoms with van der Waals surface area (Å²) in [4.78, 5) is 10.9. The summed E-state index contributed by atoms with van der Waals surface area (Å²) >= 11 is 2.14.